The van der Waals surface area contributed by atoms with Crippen molar-refractivity contribution in [1.29, 1.82) is 0 Å². The summed E-state index contributed by atoms with van der Waals surface area (Å²) in [6.45, 7) is 4.32. The molecule has 0 aliphatic rings. The van der Waals surface area contributed by atoms with Crippen molar-refractivity contribution in [2.45, 2.75) is 38.9 Å². The lowest BCUT2D eigenvalue weighted by Crippen LogP contribution is -2.14. The molecule has 16 heavy (non-hydrogen) atoms. The van der Waals surface area contributed by atoms with Crippen LogP contribution >= 0.6 is 31.9 Å². The van der Waals surface area contributed by atoms with Crippen molar-refractivity contribution in [2.24, 2.45) is 0 Å². The normalized spacial score (nSPS) is 14.8. The predicted octanol–water partition coefficient (Wildman–Crippen LogP) is 5.09. The minimum absolute atomic E-state index is 0.138. The summed E-state index contributed by atoms with van der Waals surface area (Å²) in [5.41, 5.74) is 1.22. The molecule has 2 unspecified atom stereocenters. The van der Waals surface area contributed by atoms with Crippen LogP contribution < -0.4 is 0 Å². The van der Waals surface area contributed by atoms with Crippen LogP contribution in [0.15, 0.2) is 28.7 Å². The van der Waals surface area contributed by atoms with Crippen LogP contribution in [-0.2, 0) is 4.74 Å². The molecule has 0 amide bonds. The molecule has 2 atom stereocenters. The first kappa shape index (κ1) is 14.2. The number of benzene rings is 1. The van der Waals surface area contributed by atoms with Gasteiger partial charge in [0.15, 0.2) is 0 Å². The second-order valence-electron chi connectivity index (χ2n) is 3.93. The van der Waals surface area contributed by atoms with Crippen molar-refractivity contribution in [3.63, 3.8) is 0 Å². The van der Waals surface area contributed by atoms with E-state index in [1.54, 1.807) is 0 Å². The highest BCUT2D eigenvalue weighted by Gasteiger charge is 2.14. The molecule has 1 rings (SSSR count). The number of halogens is 2. The second kappa shape index (κ2) is 7.46. The van der Waals surface area contributed by atoms with Crippen molar-refractivity contribution in [1.82, 2.24) is 0 Å². The fraction of sp³-hybridized carbons (Fsp3) is 0.538. The molecule has 1 aromatic carbocycles. The molecule has 0 heterocycles. The summed E-state index contributed by atoms with van der Waals surface area (Å²) in [5, 5.41) is 0.831. The lowest BCUT2D eigenvalue weighted by atomic mass is 10.1. The Balaban J connectivity index is 2.67. The average molecular weight is 350 g/mol. The number of hydrogen-bond acceptors (Lipinski definition) is 1. The molecule has 1 nitrogen and oxygen atoms in total. The highest BCUT2D eigenvalue weighted by Crippen LogP contribution is 2.25. The maximum atomic E-state index is 6.01. The molecule has 0 aliphatic heterocycles. The number of ether oxygens (including phenoxy) is 1. The van der Waals surface area contributed by atoms with Gasteiger partial charge < -0.3 is 4.74 Å². The highest BCUT2D eigenvalue weighted by atomic mass is 79.9. The summed E-state index contributed by atoms with van der Waals surface area (Å²) in [6, 6.07) is 8.30. The fourth-order valence-corrected chi connectivity index (χ4v) is 2.61. The zero-order chi connectivity index (χ0) is 12.0. The van der Waals surface area contributed by atoms with E-state index in [4.69, 9.17) is 4.74 Å². The van der Waals surface area contributed by atoms with Crippen molar-refractivity contribution < 1.29 is 4.74 Å². The summed E-state index contributed by atoms with van der Waals surface area (Å²) in [6.07, 6.45) is 2.72. The monoisotopic (exact) mass is 348 g/mol. The summed E-state index contributed by atoms with van der Waals surface area (Å²) in [7, 11) is 0. The molecule has 0 bridgehead atoms. The summed E-state index contributed by atoms with van der Waals surface area (Å²) < 4.78 is 7.11. The smallest absolute Gasteiger partial charge is 0.0925 e. The fourth-order valence-electron chi connectivity index (χ4n) is 1.67. The van der Waals surface area contributed by atoms with Gasteiger partial charge in [-0.2, -0.15) is 0 Å². The maximum absolute atomic E-state index is 6.01. The van der Waals surface area contributed by atoms with E-state index in [1.165, 1.54) is 5.56 Å². The summed E-state index contributed by atoms with van der Waals surface area (Å²) >= 11 is 7.00. The summed E-state index contributed by atoms with van der Waals surface area (Å²) in [5.74, 6) is 0. The number of hydrogen-bond donors (Lipinski definition) is 0. The summed E-state index contributed by atoms with van der Waals surface area (Å²) in [4.78, 5) is 0. The van der Waals surface area contributed by atoms with Gasteiger partial charge in [0.2, 0.25) is 0 Å². The molecule has 90 valence electrons. The zero-order valence-electron chi connectivity index (χ0n) is 9.75. The zero-order valence-corrected chi connectivity index (χ0v) is 12.9. The Bertz CT molecular complexity index is 315. The Morgan fingerprint density at radius 2 is 2.12 bits per heavy atom. The van der Waals surface area contributed by atoms with Crippen LogP contribution in [0.2, 0.25) is 0 Å². The van der Waals surface area contributed by atoms with E-state index in [-0.39, 0.29) is 6.10 Å². The van der Waals surface area contributed by atoms with Crippen molar-refractivity contribution >= 4 is 31.9 Å². The van der Waals surface area contributed by atoms with Crippen molar-refractivity contribution in [2.75, 3.05) is 5.33 Å². The minimum atomic E-state index is 0.138. The average Bonchev–Trinajstić information content (AvgIpc) is 2.26. The molecular formula is C13H18Br2O. The van der Waals surface area contributed by atoms with E-state index in [9.17, 15) is 0 Å². The first-order valence-corrected chi connectivity index (χ1v) is 7.55. The largest absolute Gasteiger partial charge is 0.370 e. The predicted molar refractivity (Wildman–Crippen MR) is 76.1 cm³/mol. The molecule has 0 aliphatic carbocycles. The van der Waals surface area contributed by atoms with Crippen LogP contribution in [0, 0.1) is 0 Å². The Labute approximate surface area is 115 Å². The Morgan fingerprint density at radius 1 is 1.38 bits per heavy atom. The second-order valence-corrected chi connectivity index (χ2v) is 5.50. The number of alkyl halides is 1. The molecular weight excluding hydrogens is 332 g/mol. The standard InChI is InChI=1S/C13H18Br2O/c1-3-5-10(2)16-13(9-14)11-6-4-7-12(15)8-11/h4,6-8,10,13H,3,5,9H2,1-2H3. The van der Waals surface area contributed by atoms with Gasteiger partial charge in [-0.1, -0.05) is 57.3 Å². The third-order valence-electron chi connectivity index (χ3n) is 2.45. The third-order valence-corrected chi connectivity index (χ3v) is 3.53. The Morgan fingerprint density at radius 3 is 2.69 bits per heavy atom. The van der Waals surface area contributed by atoms with Crippen LogP contribution in [0.1, 0.15) is 38.4 Å². The first-order valence-electron chi connectivity index (χ1n) is 5.64. The van der Waals surface area contributed by atoms with Crippen LogP contribution in [0.25, 0.3) is 0 Å². The molecule has 0 N–H and O–H groups in total. The minimum Gasteiger partial charge on any atom is -0.370 e. The molecule has 3 heteroatoms. The SMILES string of the molecule is CCCC(C)OC(CBr)c1cccc(Br)c1. The van der Waals surface area contributed by atoms with Crippen molar-refractivity contribution in [3.8, 4) is 0 Å². The van der Waals surface area contributed by atoms with Crippen LogP contribution in [0.4, 0.5) is 0 Å². The van der Waals surface area contributed by atoms with Gasteiger partial charge in [0.05, 0.1) is 12.2 Å². The van der Waals surface area contributed by atoms with Crippen molar-refractivity contribution in [3.05, 3.63) is 34.3 Å². The van der Waals surface area contributed by atoms with E-state index in [0.29, 0.717) is 6.10 Å². The Hall–Kier alpha value is 0.140. The van der Waals surface area contributed by atoms with E-state index >= 15 is 0 Å². The lowest BCUT2D eigenvalue weighted by molar-refractivity contribution is 0.00587. The van der Waals surface area contributed by atoms with Gasteiger partial charge in [-0.15, -0.1) is 0 Å². The molecule has 0 spiro atoms. The van der Waals surface area contributed by atoms with E-state index < -0.39 is 0 Å². The highest BCUT2D eigenvalue weighted by molar-refractivity contribution is 9.10. The van der Waals surface area contributed by atoms with E-state index in [0.717, 1.165) is 22.6 Å². The molecule has 0 radical (unpaired) electrons. The van der Waals surface area contributed by atoms with Gasteiger partial charge in [0.25, 0.3) is 0 Å². The molecule has 0 saturated heterocycles. The van der Waals surface area contributed by atoms with Crippen LogP contribution in [0.5, 0.6) is 0 Å². The van der Waals surface area contributed by atoms with Gasteiger partial charge in [-0.05, 0) is 31.0 Å². The third kappa shape index (κ3) is 4.56. The van der Waals surface area contributed by atoms with Gasteiger partial charge in [-0.25, -0.2) is 0 Å². The molecule has 1 aromatic rings. The van der Waals surface area contributed by atoms with E-state index in [2.05, 4.69) is 57.8 Å². The quantitative estimate of drug-likeness (QED) is 0.650. The van der Waals surface area contributed by atoms with E-state index in [1.807, 2.05) is 12.1 Å². The lowest BCUT2D eigenvalue weighted by Gasteiger charge is -2.21. The first-order chi connectivity index (χ1) is 7.67. The van der Waals surface area contributed by atoms with Crippen LogP contribution in [-0.4, -0.2) is 11.4 Å². The van der Waals surface area contributed by atoms with Gasteiger partial charge >= 0.3 is 0 Å². The van der Waals surface area contributed by atoms with Gasteiger partial charge in [0, 0.05) is 9.80 Å². The number of rotatable bonds is 6. The Kier molecular flexibility index (Phi) is 6.62. The van der Waals surface area contributed by atoms with Gasteiger partial charge in [0.1, 0.15) is 0 Å². The molecule has 0 saturated carbocycles. The topological polar surface area (TPSA) is 9.23 Å². The van der Waals surface area contributed by atoms with Gasteiger partial charge in [-0.3, -0.25) is 0 Å². The molecule has 0 fully saturated rings. The maximum Gasteiger partial charge on any atom is 0.0925 e. The molecule has 0 aromatic heterocycles. The van der Waals surface area contributed by atoms with Crippen LogP contribution in [0.3, 0.4) is 0 Å².